The molecular formula is C9H10Br2N2. The lowest BCUT2D eigenvalue weighted by Crippen LogP contribution is -2.04. The number of rotatable bonds is 3. The third kappa shape index (κ3) is 3.48. The van der Waals surface area contributed by atoms with Crippen molar-refractivity contribution < 1.29 is 0 Å². The third-order valence-corrected chi connectivity index (χ3v) is 2.40. The number of anilines is 1. The van der Waals surface area contributed by atoms with E-state index in [1.54, 1.807) is 6.20 Å². The van der Waals surface area contributed by atoms with E-state index in [0.29, 0.717) is 0 Å². The van der Waals surface area contributed by atoms with Gasteiger partial charge in [-0.3, -0.25) is 0 Å². The summed E-state index contributed by atoms with van der Waals surface area (Å²) < 4.78 is 1.91. The summed E-state index contributed by atoms with van der Waals surface area (Å²) >= 11 is 6.75. The van der Waals surface area contributed by atoms with Crippen molar-refractivity contribution in [2.45, 2.75) is 6.92 Å². The van der Waals surface area contributed by atoms with Gasteiger partial charge in [0.2, 0.25) is 0 Å². The largest absolute Gasteiger partial charge is 0.365 e. The lowest BCUT2D eigenvalue weighted by molar-refractivity contribution is 1.15. The standard InChI is InChI=1S/C9H10Br2N2/c1-6(2)4-12-9-8(11)3-7(10)5-13-9/h3,5H,1,4H2,2H3,(H,12,13). The smallest absolute Gasteiger partial charge is 0.140 e. The summed E-state index contributed by atoms with van der Waals surface area (Å²) in [7, 11) is 0. The predicted molar refractivity (Wildman–Crippen MR) is 62.9 cm³/mol. The van der Waals surface area contributed by atoms with Crippen LogP contribution in [0.1, 0.15) is 6.92 Å². The molecule has 0 saturated carbocycles. The van der Waals surface area contributed by atoms with Gasteiger partial charge in [-0.25, -0.2) is 4.98 Å². The van der Waals surface area contributed by atoms with Crippen molar-refractivity contribution >= 4 is 37.7 Å². The van der Waals surface area contributed by atoms with Crippen molar-refractivity contribution in [2.75, 3.05) is 11.9 Å². The first kappa shape index (κ1) is 10.7. The lowest BCUT2D eigenvalue weighted by atomic mass is 10.3. The van der Waals surface area contributed by atoms with Crippen LogP contribution in [0.4, 0.5) is 5.82 Å². The molecule has 1 aromatic rings. The fraction of sp³-hybridized carbons (Fsp3) is 0.222. The molecule has 1 aromatic heterocycles. The Labute approximate surface area is 94.7 Å². The second-order valence-electron chi connectivity index (χ2n) is 2.79. The molecule has 0 aliphatic carbocycles. The van der Waals surface area contributed by atoms with E-state index in [9.17, 15) is 0 Å². The van der Waals surface area contributed by atoms with Gasteiger partial charge in [0.15, 0.2) is 0 Å². The first-order valence-electron chi connectivity index (χ1n) is 3.79. The van der Waals surface area contributed by atoms with Crippen LogP contribution in [0.3, 0.4) is 0 Å². The maximum absolute atomic E-state index is 4.20. The van der Waals surface area contributed by atoms with Crippen LogP contribution in [0.25, 0.3) is 0 Å². The number of halogens is 2. The summed E-state index contributed by atoms with van der Waals surface area (Å²) in [6.07, 6.45) is 1.76. The number of aromatic nitrogens is 1. The second-order valence-corrected chi connectivity index (χ2v) is 4.56. The van der Waals surface area contributed by atoms with E-state index in [4.69, 9.17) is 0 Å². The molecule has 1 heterocycles. The van der Waals surface area contributed by atoms with Gasteiger partial charge >= 0.3 is 0 Å². The molecule has 0 aromatic carbocycles. The molecule has 0 spiro atoms. The summed E-state index contributed by atoms with van der Waals surface area (Å²) in [5.74, 6) is 0.839. The zero-order valence-electron chi connectivity index (χ0n) is 7.27. The highest BCUT2D eigenvalue weighted by Gasteiger charge is 2.00. The predicted octanol–water partition coefficient (Wildman–Crippen LogP) is 3.59. The molecule has 0 amide bonds. The summed E-state index contributed by atoms with van der Waals surface area (Å²) in [6, 6.07) is 1.95. The van der Waals surface area contributed by atoms with Crippen LogP contribution in [-0.4, -0.2) is 11.5 Å². The monoisotopic (exact) mass is 304 g/mol. The quantitative estimate of drug-likeness (QED) is 0.863. The van der Waals surface area contributed by atoms with Crippen molar-refractivity contribution in [1.29, 1.82) is 0 Å². The van der Waals surface area contributed by atoms with Gasteiger partial charge in [-0.05, 0) is 44.8 Å². The highest BCUT2D eigenvalue weighted by molar-refractivity contribution is 9.11. The summed E-state index contributed by atoms with van der Waals surface area (Å²) in [5.41, 5.74) is 1.08. The Balaban J connectivity index is 2.72. The fourth-order valence-electron chi connectivity index (χ4n) is 0.779. The third-order valence-electron chi connectivity index (χ3n) is 1.37. The Morgan fingerprint density at radius 3 is 2.85 bits per heavy atom. The minimum absolute atomic E-state index is 0.743. The Bertz CT molecular complexity index is 323. The van der Waals surface area contributed by atoms with E-state index in [1.165, 1.54) is 0 Å². The maximum Gasteiger partial charge on any atom is 0.140 e. The van der Waals surface area contributed by atoms with Crippen LogP contribution >= 0.6 is 31.9 Å². The van der Waals surface area contributed by atoms with Crippen LogP contribution in [0.2, 0.25) is 0 Å². The zero-order chi connectivity index (χ0) is 9.84. The van der Waals surface area contributed by atoms with E-state index >= 15 is 0 Å². The summed E-state index contributed by atoms with van der Waals surface area (Å²) in [6.45, 7) is 6.52. The molecule has 1 rings (SSSR count). The number of hydrogen-bond donors (Lipinski definition) is 1. The topological polar surface area (TPSA) is 24.9 Å². The van der Waals surface area contributed by atoms with Crippen LogP contribution < -0.4 is 5.32 Å². The first-order chi connectivity index (χ1) is 6.09. The normalized spacial score (nSPS) is 9.77. The highest BCUT2D eigenvalue weighted by Crippen LogP contribution is 2.23. The van der Waals surface area contributed by atoms with E-state index in [0.717, 1.165) is 26.9 Å². The number of pyridine rings is 1. The Hall–Kier alpha value is -0.350. The van der Waals surface area contributed by atoms with Gasteiger partial charge in [-0.1, -0.05) is 12.2 Å². The van der Waals surface area contributed by atoms with Gasteiger partial charge in [-0.2, -0.15) is 0 Å². The molecule has 0 bridgehead atoms. The average molecular weight is 306 g/mol. The molecule has 70 valence electrons. The number of hydrogen-bond acceptors (Lipinski definition) is 2. The van der Waals surface area contributed by atoms with Crippen molar-refractivity contribution in [3.63, 3.8) is 0 Å². The number of nitrogens with zero attached hydrogens (tertiary/aromatic N) is 1. The van der Waals surface area contributed by atoms with E-state index < -0.39 is 0 Å². The molecular weight excluding hydrogens is 296 g/mol. The van der Waals surface area contributed by atoms with Crippen LogP contribution in [0.15, 0.2) is 33.4 Å². The van der Waals surface area contributed by atoms with Gasteiger partial charge in [0.25, 0.3) is 0 Å². The van der Waals surface area contributed by atoms with E-state index in [1.807, 2.05) is 13.0 Å². The lowest BCUT2D eigenvalue weighted by Gasteiger charge is -2.06. The molecule has 0 atom stereocenters. The van der Waals surface area contributed by atoms with Crippen molar-refractivity contribution in [1.82, 2.24) is 4.98 Å². The van der Waals surface area contributed by atoms with Gasteiger partial charge in [0.05, 0.1) is 4.47 Å². The Morgan fingerprint density at radius 2 is 2.31 bits per heavy atom. The minimum atomic E-state index is 0.743. The Morgan fingerprint density at radius 1 is 1.62 bits per heavy atom. The number of nitrogens with one attached hydrogen (secondary N) is 1. The fourth-order valence-corrected chi connectivity index (χ4v) is 1.91. The molecule has 0 aliphatic heterocycles. The minimum Gasteiger partial charge on any atom is -0.365 e. The second kappa shape index (κ2) is 4.77. The van der Waals surface area contributed by atoms with Gasteiger partial charge in [0, 0.05) is 17.2 Å². The average Bonchev–Trinajstić information content (AvgIpc) is 2.02. The summed E-state index contributed by atoms with van der Waals surface area (Å²) in [4.78, 5) is 4.20. The SMILES string of the molecule is C=C(C)CNc1ncc(Br)cc1Br. The molecule has 0 radical (unpaired) electrons. The molecule has 0 aliphatic rings. The van der Waals surface area contributed by atoms with Crippen LogP contribution in [0, 0.1) is 0 Å². The van der Waals surface area contributed by atoms with E-state index in [2.05, 4.69) is 48.7 Å². The molecule has 0 unspecified atom stereocenters. The Kier molecular flexibility index (Phi) is 3.93. The van der Waals surface area contributed by atoms with Crippen molar-refractivity contribution in [3.8, 4) is 0 Å². The molecule has 0 saturated heterocycles. The van der Waals surface area contributed by atoms with Gasteiger partial charge in [0.1, 0.15) is 5.82 Å². The van der Waals surface area contributed by atoms with Crippen molar-refractivity contribution in [2.24, 2.45) is 0 Å². The van der Waals surface area contributed by atoms with E-state index in [-0.39, 0.29) is 0 Å². The molecule has 4 heteroatoms. The van der Waals surface area contributed by atoms with Crippen molar-refractivity contribution in [3.05, 3.63) is 33.4 Å². The van der Waals surface area contributed by atoms with Crippen LogP contribution in [-0.2, 0) is 0 Å². The first-order valence-corrected chi connectivity index (χ1v) is 5.37. The van der Waals surface area contributed by atoms with Crippen LogP contribution in [0.5, 0.6) is 0 Å². The highest BCUT2D eigenvalue weighted by atomic mass is 79.9. The molecule has 2 nitrogen and oxygen atoms in total. The molecule has 1 N–H and O–H groups in total. The zero-order valence-corrected chi connectivity index (χ0v) is 10.4. The molecule has 0 fully saturated rings. The maximum atomic E-state index is 4.20. The van der Waals surface area contributed by atoms with Gasteiger partial charge < -0.3 is 5.32 Å². The summed E-state index contributed by atoms with van der Waals surface area (Å²) in [5, 5.41) is 3.16. The van der Waals surface area contributed by atoms with Gasteiger partial charge in [-0.15, -0.1) is 0 Å². The molecule has 13 heavy (non-hydrogen) atoms.